The molecule has 0 aliphatic heterocycles. The van der Waals surface area contributed by atoms with Crippen molar-refractivity contribution in [3.8, 4) is 5.75 Å². The molecule has 0 fully saturated rings. The predicted octanol–water partition coefficient (Wildman–Crippen LogP) is 2.13. The maximum atomic E-state index is 9.03. The molecule has 0 amide bonds. The molecule has 2 rings (SSSR count). The van der Waals surface area contributed by atoms with Crippen molar-refractivity contribution in [2.75, 3.05) is 6.61 Å². The average Bonchev–Trinajstić information content (AvgIpc) is 2.47. The molecule has 2 aromatic carbocycles. The molecule has 0 radical (unpaired) electrons. The highest BCUT2D eigenvalue weighted by atomic mass is 16.5. The number of aliphatic hydroxyl groups excluding tert-OH is 1. The van der Waals surface area contributed by atoms with Gasteiger partial charge in [0.1, 0.15) is 12.4 Å². The van der Waals surface area contributed by atoms with E-state index in [4.69, 9.17) is 15.6 Å². The van der Waals surface area contributed by atoms with Gasteiger partial charge in [0.05, 0.1) is 6.61 Å². The third kappa shape index (κ3) is 4.09. The first kappa shape index (κ1) is 13.6. The standard InChI is InChI=1S/C16H19NO2/c17-15(11-18)10-14-8-4-5-9-16(14)19-12-13-6-2-1-3-7-13/h1-9,15,18H,10-12,17H2. The van der Waals surface area contributed by atoms with E-state index >= 15 is 0 Å². The van der Waals surface area contributed by atoms with Crippen LogP contribution in [0.1, 0.15) is 11.1 Å². The fourth-order valence-corrected chi connectivity index (χ4v) is 1.90. The van der Waals surface area contributed by atoms with Crippen molar-refractivity contribution >= 4 is 0 Å². The molecule has 1 atom stereocenters. The molecule has 2 aromatic rings. The van der Waals surface area contributed by atoms with Crippen molar-refractivity contribution in [3.05, 3.63) is 65.7 Å². The Morgan fingerprint density at radius 2 is 1.68 bits per heavy atom. The first-order valence-electron chi connectivity index (χ1n) is 6.40. The van der Waals surface area contributed by atoms with Crippen LogP contribution in [0.2, 0.25) is 0 Å². The summed E-state index contributed by atoms with van der Waals surface area (Å²) < 4.78 is 5.83. The molecule has 0 aliphatic carbocycles. The predicted molar refractivity (Wildman–Crippen MR) is 76.0 cm³/mol. The number of aliphatic hydroxyl groups is 1. The molecule has 19 heavy (non-hydrogen) atoms. The average molecular weight is 257 g/mol. The zero-order valence-electron chi connectivity index (χ0n) is 10.8. The summed E-state index contributed by atoms with van der Waals surface area (Å²) in [6.45, 7) is 0.513. The number of para-hydroxylation sites is 1. The molecule has 1 unspecified atom stereocenters. The minimum Gasteiger partial charge on any atom is -0.489 e. The molecule has 0 saturated heterocycles. The minimum absolute atomic E-state index is 0.0208. The van der Waals surface area contributed by atoms with Crippen molar-refractivity contribution in [2.24, 2.45) is 5.73 Å². The summed E-state index contributed by atoms with van der Waals surface area (Å²) in [7, 11) is 0. The first-order valence-corrected chi connectivity index (χ1v) is 6.40. The maximum Gasteiger partial charge on any atom is 0.123 e. The van der Waals surface area contributed by atoms with Crippen molar-refractivity contribution in [1.82, 2.24) is 0 Å². The number of hydrogen-bond donors (Lipinski definition) is 2. The van der Waals surface area contributed by atoms with E-state index in [0.717, 1.165) is 16.9 Å². The van der Waals surface area contributed by atoms with E-state index in [1.807, 2.05) is 54.6 Å². The van der Waals surface area contributed by atoms with Crippen LogP contribution in [-0.2, 0) is 13.0 Å². The van der Waals surface area contributed by atoms with E-state index in [1.165, 1.54) is 0 Å². The van der Waals surface area contributed by atoms with Crippen LogP contribution < -0.4 is 10.5 Å². The van der Waals surface area contributed by atoms with Crippen LogP contribution in [0, 0.1) is 0 Å². The van der Waals surface area contributed by atoms with Gasteiger partial charge in [-0.25, -0.2) is 0 Å². The highest BCUT2D eigenvalue weighted by Crippen LogP contribution is 2.20. The van der Waals surface area contributed by atoms with E-state index in [-0.39, 0.29) is 12.6 Å². The summed E-state index contributed by atoms with van der Waals surface area (Å²) in [6.07, 6.45) is 0.613. The molecule has 0 saturated carbocycles. The second-order valence-electron chi connectivity index (χ2n) is 4.53. The number of ether oxygens (including phenoxy) is 1. The monoisotopic (exact) mass is 257 g/mol. The molecule has 100 valence electrons. The van der Waals surface area contributed by atoms with Crippen LogP contribution >= 0.6 is 0 Å². The van der Waals surface area contributed by atoms with E-state index in [0.29, 0.717) is 13.0 Å². The SMILES string of the molecule is NC(CO)Cc1ccccc1OCc1ccccc1. The molecule has 0 aromatic heterocycles. The van der Waals surface area contributed by atoms with Crippen LogP contribution in [0.5, 0.6) is 5.75 Å². The Labute approximate surface area is 113 Å². The molecular weight excluding hydrogens is 238 g/mol. The van der Waals surface area contributed by atoms with E-state index in [2.05, 4.69) is 0 Å². The molecule has 3 heteroatoms. The van der Waals surface area contributed by atoms with Crippen LogP contribution in [0.3, 0.4) is 0 Å². The number of benzene rings is 2. The third-order valence-corrected chi connectivity index (χ3v) is 2.93. The molecule has 0 spiro atoms. The largest absolute Gasteiger partial charge is 0.489 e. The van der Waals surface area contributed by atoms with Gasteiger partial charge in [-0.1, -0.05) is 48.5 Å². The van der Waals surface area contributed by atoms with Gasteiger partial charge in [0.25, 0.3) is 0 Å². The summed E-state index contributed by atoms with van der Waals surface area (Å²) >= 11 is 0. The second kappa shape index (κ2) is 6.92. The first-order chi connectivity index (χ1) is 9.29. The lowest BCUT2D eigenvalue weighted by Gasteiger charge is -2.14. The summed E-state index contributed by atoms with van der Waals surface area (Å²) in [4.78, 5) is 0. The van der Waals surface area contributed by atoms with Crippen LogP contribution in [-0.4, -0.2) is 17.8 Å². The van der Waals surface area contributed by atoms with Gasteiger partial charge in [-0.2, -0.15) is 0 Å². The normalized spacial score (nSPS) is 12.1. The number of hydrogen-bond acceptors (Lipinski definition) is 3. The Morgan fingerprint density at radius 3 is 2.42 bits per heavy atom. The summed E-state index contributed by atoms with van der Waals surface area (Å²) in [5.74, 6) is 0.829. The lowest BCUT2D eigenvalue weighted by atomic mass is 10.1. The Bertz CT molecular complexity index is 499. The molecule has 0 heterocycles. The van der Waals surface area contributed by atoms with Gasteiger partial charge < -0.3 is 15.6 Å². The van der Waals surface area contributed by atoms with Crippen molar-refractivity contribution in [3.63, 3.8) is 0 Å². The fraction of sp³-hybridized carbons (Fsp3) is 0.250. The zero-order chi connectivity index (χ0) is 13.5. The van der Waals surface area contributed by atoms with Crippen molar-refractivity contribution in [2.45, 2.75) is 19.1 Å². The van der Waals surface area contributed by atoms with Gasteiger partial charge in [-0.3, -0.25) is 0 Å². The Hall–Kier alpha value is -1.84. The van der Waals surface area contributed by atoms with E-state index in [1.54, 1.807) is 0 Å². The van der Waals surface area contributed by atoms with Crippen LogP contribution in [0.15, 0.2) is 54.6 Å². The number of nitrogens with two attached hydrogens (primary N) is 1. The smallest absolute Gasteiger partial charge is 0.123 e. The minimum atomic E-state index is -0.249. The van der Waals surface area contributed by atoms with E-state index < -0.39 is 0 Å². The topological polar surface area (TPSA) is 55.5 Å². The summed E-state index contributed by atoms with van der Waals surface area (Å²) in [5, 5.41) is 9.03. The van der Waals surface area contributed by atoms with Gasteiger partial charge in [0.2, 0.25) is 0 Å². The summed E-state index contributed by atoms with van der Waals surface area (Å²) in [6, 6.07) is 17.6. The summed E-state index contributed by atoms with van der Waals surface area (Å²) in [5.41, 5.74) is 7.93. The quantitative estimate of drug-likeness (QED) is 0.833. The second-order valence-corrected chi connectivity index (χ2v) is 4.53. The third-order valence-electron chi connectivity index (χ3n) is 2.93. The van der Waals surface area contributed by atoms with Gasteiger partial charge in [-0.05, 0) is 23.6 Å². The molecule has 0 bridgehead atoms. The van der Waals surface area contributed by atoms with Crippen LogP contribution in [0.4, 0.5) is 0 Å². The highest BCUT2D eigenvalue weighted by molar-refractivity contribution is 5.34. The Kier molecular flexibility index (Phi) is 4.95. The van der Waals surface area contributed by atoms with Gasteiger partial charge in [0, 0.05) is 6.04 Å². The number of rotatable bonds is 6. The zero-order valence-corrected chi connectivity index (χ0v) is 10.8. The molecular formula is C16H19NO2. The molecule has 3 N–H and O–H groups in total. The van der Waals surface area contributed by atoms with E-state index in [9.17, 15) is 0 Å². The van der Waals surface area contributed by atoms with Crippen molar-refractivity contribution < 1.29 is 9.84 Å². The maximum absolute atomic E-state index is 9.03. The van der Waals surface area contributed by atoms with Crippen LogP contribution in [0.25, 0.3) is 0 Å². The molecule has 0 aliphatic rings. The van der Waals surface area contributed by atoms with Crippen molar-refractivity contribution in [1.29, 1.82) is 0 Å². The lowest BCUT2D eigenvalue weighted by Crippen LogP contribution is -2.27. The Morgan fingerprint density at radius 1 is 1.00 bits per heavy atom. The molecule has 3 nitrogen and oxygen atoms in total. The fourth-order valence-electron chi connectivity index (χ4n) is 1.90. The Balaban J connectivity index is 2.03. The van der Waals surface area contributed by atoms with Gasteiger partial charge >= 0.3 is 0 Å². The van der Waals surface area contributed by atoms with Gasteiger partial charge in [0.15, 0.2) is 0 Å². The lowest BCUT2D eigenvalue weighted by molar-refractivity contribution is 0.262. The highest BCUT2D eigenvalue weighted by Gasteiger charge is 2.08. The van der Waals surface area contributed by atoms with Gasteiger partial charge in [-0.15, -0.1) is 0 Å².